The van der Waals surface area contributed by atoms with Crippen LogP contribution in [-0.2, 0) is 0 Å². The van der Waals surface area contributed by atoms with E-state index >= 15 is 0 Å². The molecular formula is C22H22ClN5O. The SMILES string of the molecule is O=C(Nc1nc(N2CCN3CCC[C@H]3C2)c2ccccc2n1)c1ccccc1Cl. The number of nitrogens with one attached hydrogen (secondary N) is 1. The number of rotatable bonds is 3. The lowest BCUT2D eigenvalue weighted by Gasteiger charge is -2.38. The van der Waals surface area contributed by atoms with Gasteiger partial charge in [-0.25, -0.2) is 4.98 Å². The molecular weight excluding hydrogens is 386 g/mol. The van der Waals surface area contributed by atoms with Gasteiger partial charge in [0.05, 0.1) is 16.1 Å². The maximum Gasteiger partial charge on any atom is 0.259 e. The molecule has 1 atom stereocenters. The van der Waals surface area contributed by atoms with Crippen LogP contribution in [0.2, 0.25) is 5.02 Å². The van der Waals surface area contributed by atoms with Crippen molar-refractivity contribution < 1.29 is 4.79 Å². The van der Waals surface area contributed by atoms with Gasteiger partial charge in [0.2, 0.25) is 5.95 Å². The molecule has 29 heavy (non-hydrogen) atoms. The fourth-order valence-corrected chi connectivity index (χ4v) is 4.58. The first kappa shape index (κ1) is 18.3. The minimum atomic E-state index is -0.308. The van der Waals surface area contributed by atoms with Crippen molar-refractivity contribution in [2.45, 2.75) is 18.9 Å². The van der Waals surface area contributed by atoms with Crippen molar-refractivity contribution in [3.05, 3.63) is 59.1 Å². The maximum atomic E-state index is 12.7. The molecule has 0 bridgehead atoms. The molecule has 148 valence electrons. The maximum absolute atomic E-state index is 12.7. The van der Waals surface area contributed by atoms with Gasteiger partial charge in [0.25, 0.3) is 5.91 Å². The van der Waals surface area contributed by atoms with E-state index in [1.807, 2.05) is 24.3 Å². The highest BCUT2D eigenvalue weighted by atomic mass is 35.5. The van der Waals surface area contributed by atoms with Gasteiger partial charge in [-0.1, -0.05) is 35.9 Å². The van der Waals surface area contributed by atoms with Crippen LogP contribution >= 0.6 is 11.6 Å². The van der Waals surface area contributed by atoms with Crippen molar-refractivity contribution in [1.82, 2.24) is 14.9 Å². The lowest BCUT2D eigenvalue weighted by Crippen LogP contribution is -2.50. The molecule has 1 N–H and O–H groups in total. The number of anilines is 2. The second-order valence-electron chi connectivity index (χ2n) is 7.60. The molecule has 6 nitrogen and oxygen atoms in total. The molecule has 1 aromatic heterocycles. The Morgan fingerprint density at radius 3 is 2.76 bits per heavy atom. The van der Waals surface area contributed by atoms with Gasteiger partial charge >= 0.3 is 0 Å². The van der Waals surface area contributed by atoms with E-state index in [9.17, 15) is 4.79 Å². The smallest absolute Gasteiger partial charge is 0.259 e. The number of carbonyl (C=O) groups excluding carboxylic acids is 1. The lowest BCUT2D eigenvalue weighted by molar-refractivity contribution is 0.102. The van der Waals surface area contributed by atoms with E-state index in [0.717, 1.165) is 36.4 Å². The van der Waals surface area contributed by atoms with Crippen LogP contribution in [0, 0.1) is 0 Å². The zero-order valence-corrected chi connectivity index (χ0v) is 16.8. The average Bonchev–Trinajstić information content (AvgIpc) is 3.21. The largest absolute Gasteiger partial charge is 0.353 e. The predicted molar refractivity (Wildman–Crippen MR) is 116 cm³/mol. The molecule has 2 fully saturated rings. The number of piperazine rings is 1. The van der Waals surface area contributed by atoms with Crippen LogP contribution in [-0.4, -0.2) is 53.0 Å². The Morgan fingerprint density at radius 2 is 1.86 bits per heavy atom. The fraction of sp³-hybridized carbons (Fsp3) is 0.318. The van der Waals surface area contributed by atoms with E-state index in [0.29, 0.717) is 22.6 Å². The van der Waals surface area contributed by atoms with Crippen molar-refractivity contribution in [2.75, 3.05) is 36.4 Å². The molecule has 0 unspecified atom stereocenters. The van der Waals surface area contributed by atoms with Gasteiger partial charge < -0.3 is 4.90 Å². The Balaban J connectivity index is 1.49. The van der Waals surface area contributed by atoms with Crippen molar-refractivity contribution in [3.8, 4) is 0 Å². The fourth-order valence-electron chi connectivity index (χ4n) is 4.35. The molecule has 2 saturated heterocycles. The first-order valence-corrected chi connectivity index (χ1v) is 10.4. The number of fused-ring (bicyclic) bond motifs is 2. The number of nitrogens with zero attached hydrogens (tertiary/aromatic N) is 4. The summed E-state index contributed by atoms with van der Waals surface area (Å²) in [5.41, 5.74) is 1.23. The highest BCUT2D eigenvalue weighted by Crippen LogP contribution is 2.30. The minimum absolute atomic E-state index is 0.303. The lowest BCUT2D eigenvalue weighted by atomic mass is 10.1. The standard InChI is InChI=1S/C22H22ClN5O/c23-18-9-3-1-7-16(18)21(29)26-22-24-19-10-4-2-8-17(19)20(25-22)28-13-12-27-11-5-6-15(27)14-28/h1-4,7-10,15H,5-6,11-14H2,(H,24,25,26,29)/t15-/m0/s1. The normalized spacial score (nSPS) is 19.3. The van der Waals surface area contributed by atoms with Gasteiger partial charge in [-0.05, 0) is 43.7 Å². The van der Waals surface area contributed by atoms with Gasteiger partial charge in [0, 0.05) is 31.1 Å². The molecule has 3 aromatic rings. The zero-order valence-electron chi connectivity index (χ0n) is 16.0. The third-order valence-corrected chi connectivity index (χ3v) is 6.14. The summed E-state index contributed by atoms with van der Waals surface area (Å²) in [6.45, 7) is 4.13. The Hall–Kier alpha value is -2.70. The molecule has 1 amide bonds. The molecule has 2 aliphatic heterocycles. The quantitative estimate of drug-likeness (QED) is 0.715. The number of benzene rings is 2. The second kappa shape index (κ2) is 7.61. The zero-order chi connectivity index (χ0) is 19.8. The number of hydrogen-bond acceptors (Lipinski definition) is 5. The molecule has 2 aliphatic rings. The second-order valence-corrected chi connectivity index (χ2v) is 8.01. The van der Waals surface area contributed by atoms with Gasteiger partial charge in [-0.15, -0.1) is 0 Å². The number of hydrogen-bond donors (Lipinski definition) is 1. The molecule has 7 heteroatoms. The summed E-state index contributed by atoms with van der Waals surface area (Å²) >= 11 is 6.17. The highest BCUT2D eigenvalue weighted by molar-refractivity contribution is 6.34. The third-order valence-electron chi connectivity index (χ3n) is 5.81. The highest BCUT2D eigenvalue weighted by Gasteiger charge is 2.32. The number of amides is 1. The molecule has 0 spiro atoms. The minimum Gasteiger partial charge on any atom is -0.353 e. The van der Waals surface area contributed by atoms with Crippen molar-refractivity contribution in [2.24, 2.45) is 0 Å². The monoisotopic (exact) mass is 407 g/mol. The summed E-state index contributed by atoms with van der Waals surface area (Å²) in [5.74, 6) is 0.881. The van der Waals surface area contributed by atoms with Crippen molar-refractivity contribution in [3.63, 3.8) is 0 Å². The number of carbonyl (C=O) groups is 1. The van der Waals surface area contributed by atoms with E-state index < -0.39 is 0 Å². The van der Waals surface area contributed by atoms with Crippen molar-refractivity contribution >= 4 is 40.2 Å². The Kier molecular flexibility index (Phi) is 4.81. The van der Waals surface area contributed by atoms with Crippen LogP contribution in [0.3, 0.4) is 0 Å². The van der Waals surface area contributed by atoms with Crippen LogP contribution in [0.5, 0.6) is 0 Å². The van der Waals surface area contributed by atoms with Crippen LogP contribution in [0.25, 0.3) is 10.9 Å². The van der Waals surface area contributed by atoms with E-state index in [1.54, 1.807) is 24.3 Å². The van der Waals surface area contributed by atoms with E-state index in [1.165, 1.54) is 19.4 Å². The number of para-hydroxylation sites is 1. The van der Waals surface area contributed by atoms with Crippen LogP contribution in [0.4, 0.5) is 11.8 Å². The Labute approximate surface area is 174 Å². The third kappa shape index (κ3) is 3.54. The first-order valence-electron chi connectivity index (χ1n) is 10.0. The molecule has 0 aliphatic carbocycles. The van der Waals surface area contributed by atoms with E-state index in [-0.39, 0.29) is 5.91 Å². The average molecular weight is 408 g/mol. The summed E-state index contributed by atoms with van der Waals surface area (Å²) in [5, 5.41) is 4.25. The molecule has 0 saturated carbocycles. The molecule has 2 aromatic carbocycles. The van der Waals surface area contributed by atoms with E-state index in [2.05, 4.69) is 20.1 Å². The van der Waals surface area contributed by atoms with Gasteiger partial charge in [0.1, 0.15) is 5.82 Å². The summed E-state index contributed by atoms with van der Waals surface area (Å²) in [7, 11) is 0. The topological polar surface area (TPSA) is 61.4 Å². The number of aromatic nitrogens is 2. The van der Waals surface area contributed by atoms with Gasteiger partial charge in [-0.3, -0.25) is 15.0 Å². The summed E-state index contributed by atoms with van der Waals surface area (Å²) in [4.78, 5) is 26.9. The predicted octanol–water partition coefficient (Wildman–Crippen LogP) is 3.82. The Bertz CT molecular complexity index is 1070. The van der Waals surface area contributed by atoms with Crippen LogP contribution < -0.4 is 10.2 Å². The van der Waals surface area contributed by atoms with Gasteiger partial charge in [-0.2, -0.15) is 4.98 Å². The Morgan fingerprint density at radius 1 is 1.03 bits per heavy atom. The molecule has 5 rings (SSSR count). The van der Waals surface area contributed by atoms with E-state index in [4.69, 9.17) is 16.6 Å². The summed E-state index contributed by atoms with van der Waals surface area (Å²) < 4.78 is 0. The van der Waals surface area contributed by atoms with Crippen molar-refractivity contribution in [1.29, 1.82) is 0 Å². The summed E-state index contributed by atoms with van der Waals surface area (Å²) in [6.07, 6.45) is 2.50. The number of halogens is 1. The van der Waals surface area contributed by atoms with Gasteiger partial charge in [0.15, 0.2) is 0 Å². The molecule has 0 radical (unpaired) electrons. The van der Waals surface area contributed by atoms with Crippen LogP contribution in [0.15, 0.2) is 48.5 Å². The molecule has 3 heterocycles. The first-order chi connectivity index (χ1) is 14.2. The summed E-state index contributed by atoms with van der Waals surface area (Å²) in [6, 6.07) is 15.5. The van der Waals surface area contributed by atoms with Crippen LogP contribution in [0.1, 0.15) is 23.2 Å².